The number of allylic oxidation sites excluding steroid dienone is 1. The number of ether oxygens (including phenoxy) is 1. The van der Waals surface area contributed by atoms with Crippen LogP contribution in [-0.4, -0.2) is 42.8 Å². The Labute approximate surface area is 164 Å². The van der Waals surface area contributed by atoms with E-state index in [-0.39, 0.29) is 11.5 Å². The number of aliphatic imine (C=N–C) groups is 1. The van der Waals surface area contributed by atoms with Crippen molar-refractivity contribution < 1.29 is 4.74 Å². The molecule has 0 radical (unpaired) electrons. The maximum absolute atomic E-state index is 5.87. The number of hydrogen-bond donors (Lipinski definition) is 0. The molecule has 27 heavy (non-hydrogen) atoms. The summed E-state index contributed by atoms with van der Waals surface area (Å²) in [4.78, 5) is 4.84. The van der Waals surface area contributed by atoms with Gasteiger partial charge in [0.25, 0.3) is 0 Å². The molecule has 1 atom stereocenters. The third kappa shape index (κ3) is 4.77. The number of aromatic nitrogens is 2. The molecule has 2 aromatic rings. The molecule has 146 valence electrons. The van der Waals surface area contributed by atoms with Crippen LogP contribution in [0.15, 0.2) is 35.3 Å². The van der Waals surface area contributed by atoms with Crippen LogP contribution in [0.4, 0.5) is 0 Å². The van der Waals surface area contributed by atoms with Gasteiger partial charge in [0.05, 0.1) is 23.9 Å². The quantitative estimate of drug-likeness (QED) is 0.523. The highest BCUT2D eigenvalue weighted by Crippen LogP contribution is 2.28. The Morgan fingerprint density at radius 2 is 1.93 bits per heavy atom. The maximum atomic E-state index is 5.87. The van der Waals surface area contributed by atoms with E-state index in [9.17, 15) is 0 Å². The van der Waals surface area contributed by atoms with Crippen molar-refractivity contribution in [1.82, 2.24) is 9.78 Å². The van der Waals surface area contributed by atoms with Gasteiger partial charge in [-0.2, -0.15) is 5.10 Å². The Morgan fingerprint density at radius 3 is 2.59 bits per heavy atom. The topological polar surface area (TPSA) is 39.4 Å². The summed E-state index contributed by atoms with van der Waals surface area (Å²) >= 11 is 0. The Balaban J connectivity index is 1.75. The van der Waals surface area contributed by atoms with Crippen LogP contribution >= 0.6 is 0 Å². The predicted octanol–water partition coefficient (Wildman–Crippen LogP) is 4.95. The first kappa shape index (κ1) is 20.0. The van der Waals surface area contributed by atoms with Crippen LogP contribution < -0.4 is 0 Å². The van der Waals surface area contributed by atoms with E-state index >= 15 is 0 Å². The summed E-state index contributed by atoms with van der Waals surface area (Å²) in [5.74, 6) is 0. The molecule has 1 aliphatic heterocycles. The van der Waals surface area contributed by atoms with Crippen LogP contribution in [0.5, 0.6) is 0 Å². The van der Waals surface area contributed by atoms with Crippen molar-refractivity contribution >= 4 is 24.7 Å². The SMILES string of the molecule is Cn1nc(C2=NC(COCC[Si](C)(C)C)C=C2)c2ccc(C(C)(C)C)cc21. The van der Waals surface area contributed by atoms with Crippen LogP contribution in [0, 0.1) is 0 Å². The van der Waals surface area contributed by atoms with Crippen LogP contribution in [0.3, 0.4) is 0 Å². The van der Waals surface area contributed by atoms with Crippen LogP contribution in [-0.2, 0) is 17.2 Å². The molecule has 5 heteroatoms. The van der Waals surface area contributed by atoms with E-state index in [1.54, 1.807) is 0 Å². The zero-order valence-electron chi connectivity index (χ0n) is 17.8. The molecule has 0 fully saturated rings. The van der Waals surface area contributed by atoms with E-state index in [1.165, 1.54) is 11.6 Å². The Kier molecular flexibility index (Phi) is 5.46. The maximum Gasteiger partial charge on any atom is 0.118 e. The zero-order chi connectivity index (χ0) is 19.8. The molecular weight excluding hydrogens is 350 g/mol. The lowest BCUT2D eigenvalue weighted by molar-refractivity contribution is 0.143. The molecule has 0 spiro atoms. The second-order valence-corrected chi connectivity index (χ2v) is 15.4. The van der Waals surface area contributed by atoms with Crippen molar-refractivity contribution in [2.24, 2.45) is 12.0 Å². The second-order valence-electron chi connectivity index (χ2n) is 9.78. The van der Waals surface area contributed by atoms with Crippen molar-refractivity contribution in [3.63, 3.8) is 0 Å². The van der Waals surface area contributed by atoms with E-state index in [4.69, 9.17) is 14.8 Å². The highest BCUT2D eigenvalue weighted by atomic mass is 28.3. The van der Waals surface area contributed by atoms with E-state index < -0.39 is 8.07 Å². The van der Waals surface area contributed by atoms with E-state index in [1.807, 2.05) is 11.7 Å². The number of aryl methyl sites for hydroxylation is 1. The van der Waals surface area contributed by atoms with E-state index in [2.05, 4.69) is 70.8 Å². The standard InChI is InChI=1S/C22H33N3OSi/c1-22(2,3)16-8-10-18-20(14-16)25(4)24-21(18)19-11-9-17(23-19)15-26-12-13-27(5,6)7/h8-11,14,17H,12-13,15H2,1-7H3. The molecule has 1 unspecified atom stereocenters. The van der Waals surface area contributed by atoms with Crippen LogP contribution in [0.25, 0.3) is 10.9 Å². The highest BCUT2D eigenvalue weighted by Gasteiger charge is 2.21. The molecule has 3 rings (SSSR count). The lowest BCUT2D eigenvalue weighted by Gasteiger charge is -2.19. The molecule has 4 nitrogen and oxygen atoms in total. The molecule has 0 amide bonds. The molecule has 0 saturated heterocycles. The van der Waals surface area contributed by atoms with Gasteiger partial charge in [-0.1, -0.05) is 58.6 Å². The first-order chi connectivity index (χ1) is 12.5. The number of nitrogens with zero attached hydrogens (tertiary/aromatic N) is 3. The van der Waals surface area contributed by atoms with Crippen LogP contribution in [0.2, 0.25) is 25.7 Å². The normalized spacial score (nSPS) is 17.7. The minimum atomic E-state index is -1.04. The Morgan fingerprint density at radius 1 is 1.19 bits per heavy atom. The molecule has 1 aromatic carbocycles. The third-order valence-corrected chi connectivity index (χ3v) is 6.73. The lowest BCUT2D eigenvalue weighted by atomic mass is 9.86. The van der Waals surface area contributed by atoms with Gasteiger partial charge >= 0.3 is 0 Å². The smallest absolute Gasteiger partial charge is 0.118 e. The van der Waals surface area contributed by atoms with Gasteiger partial charge in [-0.25, -0.2) is 0 Å². The van der Waals surface area contributed by atoms with Gasteiger partial charge in [-0.15, -0.1) is 0 Å². The number of hydrogen-bond acceptors (Lipinski definition) is 3. The number of fused-ring (bicyclic) bond motifs is 1. The van der Waals surface area contributed by atoms with Gasteiger partial charge in [-0.3, -0.25) is 9.67 Å². The van der Waals surface area contributed by atoms with Crippen LogP contribution in [0.1, 0.15) is 32.0 Å². The molecule has 1 aliphatic rings. The monoisotopic (exact) mass is 383 g/mol. The fourth-order valence-electron chi connectivity index (χ4n) is 3.20. The first-order valence-corrected chi connectivity index (χ1v) is 13.6. The number of benzene rings is 1. The Hall–Kier alpha value is -1.72. The van der Waals surface area contributed by atoms with E-state index in [0.29, 0.717) is 6.61 Å². The van der Waals surface area contributed by atoms with Crippen molar-refractivity contribution in [2.45, 2.75) is 57.9 Å². The summed E-state index contributed by atoms with van der Waals surface area (Å²) < 4.78 is 7.84. The van der Waals surface area contributed by atoms with Gasteiger partial charge < -0.3 is 4.74 Å². The average molecular weight is 384 g/mol. The average Bonchev–Trinajstić information content (AvgIpc) is 3.14. The lowest BCUT2D eigenvalue weighted by Crippen LogP contribution is -2.22. The highest BCUT2D eigenvalue weighted by molar-refractivity contribution is 6.76. The van der Waals surface area contributed by atoms with Gasteiger partial charge in [0.1, 0.15) is 5.69 Å². The second kappa shape index (κ2) is 7.36. The van der Waals surface area contributed by atoms with Gasteiger partial charge in [0, 0.05) is 27.1 Å². The summed E-state index contributed by atoms with van der Waals surface area (Å²) in [6.45, 7) is 15.3. The summed E-state index contributed by atoms with van der Waals surface area (Å²) in [5, 5.41) is 5.92. The van der Waals surface area contributed by atoms with Crippen molar-refractivity contribution in [1.29, 1.82) is 0 Å². The summed E-state index contributed by atoms with van der Waals surface area (Å²) in [6.07, 6.45) is 4.22. The fraction of sp³-hybridized carbons (Fsp3) is 0.545. The fourth-order valence-corrected chi connectivity index (χ4v) is 3.95. The molecule has 0 N–H and O–H groups in total. The predicted molar refractivity (Wildman–Crippen MR) is 118 cm³/mol. The minimum absolute atomic E-state index is 0.104. The summed E-state index contributed by atoms with van der Waals surface area (Å²) in [5.41, 5.74) is 4.53. The summed E-state index contributed by atoms with van der Waals surface area (Å²) in [6, 6.07) is 7.95. The largest absolute Gasteiger partial charge is 0.379 e. The molecule has 0 aliphatic carbocycles. The Bertz CT molecular complexity index is 881. The summed E-state index contributed by atoms with van der Waals surface area (Å²) in [7, 11) is 0.971. The van der Waals surface area contributed by atoms with Gasteiger partial charge in [0.15, 0.2) is 0 Å². The number of rotatable bonds is 6. The van der Waals surface area contributed by atoms with Gasteiger partial charge in [-0.05, 0) is 29.2 Å². The molecular formula is C22H33N3OSi. The minimum Gasteiger partial charge on any atom is -0.379 e. The first-order valence-electron chi connectivity index (χ1n) is 9.86. The molecule has 0 saturated carbocycles. The van der Waals surface area contributed by atoms with E-state index in [0.717, 1.165) is 28.9 Å². The van der Waals surface area contributed by atoms with Crippen molar-refractivity contribution in [2.75, 3.05) is 13.2 Å². The third-order valence-electron chi connectivity index (χ3n) is 5.03. The molecule has 2 heterocycles. The van der Waals surface area contributed by atoms with Gasteiger partial charge in [0.2, 0.25) is 0 Å². The molecule has 0 bridgehead atoms. The molecule has 1 aromatic heterocycles. The van der Waals surface area contributed by atoms with Crippen molar-refractivity contribution in [3.8, 4) is 0 Å². The zero-order valence-corrected chi connectivity index (χ0v) is 18.8. The van der Waals surface area contributed by atoms with Crippen molar-refractivity contribution in [3.05, 3.63) is 41.6 Å².